The number of phenols is 1. The van der Waals surface area contributed by atoms with Gasteiger partial charge in [-0.2, -0.15) is 0 Å². The largest absolute Gasteiger partial charge is 0.511 e. The number of primary amides is 1. The molecule has 44 heavy (non-hydrogen) atoms. The number of benzene rings is 3. The zero-order valence-corrected chi connectivity index (χ0v) is 24.6. The van der Waals surface area contributed by atoms with E-state index in [9.17, 15) is 29.7 Å². The van der Waals surface area contributed by atoms with Crippen molar-refractivity contribution in [2.45, 2.75) is 32.0 Å². The highest BCUT2D eigenvalue weighted by Crippen LogP contribution is 2.51. The zero-order valence-electron chi connectivity index (χ0n) is 24.6. The van der Waals surface area contributed by atoms with Crippen molar-refractivity contribution in [3.63, 3.8) is 0 Å². The molecule has 0 radical (unpaired) electrons. The van der Waals surface area contributed by atoms with Crippen molar-refractivity contribution >= 4 is 17.5 Å². The molecule has 226 valence electrons. The topological polar surface area (TPSA) is 153 Å². The summed E-state index contributed by atoms with van der Waals surface area (Å²) in [6, 6.07) is 20.7. The summed E-state index contributed by atoms with van der Waals surface area (Å²) in [5.41, 5.74) is 9.74. The van der Waals surface area contributed by atoms with Crippen LogP contribution in [0.5, 0.6) is 5.75 Å². The maximum Gasteiger partial charge on any atom is 0.255 e. The van der Waals surface area contributed by atoms with Crippen LogP contribution in [0, 0.1) is 17.8 Å². The van der Waals surface area contributed by atoms with Gasteiger partial charge >= 0.3 is 0 Å². The van der Waals surface area contributed by atoms with Crippen LogP contribution in [0.4, 0.5) is 0 Å². The van der Waals surface area contributed by atoms with Crippen LogP contribution in [0.15, 0.2) is 89.4 Å². The number of Topliss-reactive ketones (excluding diaryl/α,β-unsaturated/α-hetero) is 2. The Morgan fingerprint density at radius 3 is 2.20 bits per heavy atom. The van der Waals surface area contributed by atoms with E-state index >= 15 is 0 Å². The fraction of sp³-hybridized carbons (Fsp3) is 0.286. The number of aromatic hydroxyl groups is 1. The molecule has 9 heteroatoms. The maximum absolute atomic E-state index is 14.0. The van der Waals surface area contributed by atoms with E-state index in [1.54, 1.807) is 25.1 Å². The molecule has 0 aliphatic heterocycles. The molecule has 6 N–H and O–H groups in total. The monoisotopic (exact) mass is 593 g/mol. The van der Waals surface area contributed by atoms with Crippen molar-refractivity contribution in [2.75, 3.05) is 14.1 Å². The third-order valence-corrected chi connectivity index (χ3v) is 9.22. The first-order valence-electron chi connectivity index (χ1n) is 14.7. The quantitative estimate of drug-likeness (QED) is 0.258. The average Bonchev–Trinajstić information content (AvgIpc) is 2.97. The number of rotatable bonds is 7. The van der Waals surface area contributed by atoms with Crippen LogP contribution in [0.1, 0.15) is 33.5 Å². The molecule has 0 bridgehead atoms. The average molecular weight is 594 g/mol. The standard InChI is InChI=1S/C35H35N3O6/c1-38(2)30-24-15-21-14-23-22(20-10-8-19(9-11-20)17-37-16-18-6-4-3-5-7-18)12-13-25(39)27(23)31(40)26(21)32(41)28(24)33(42)29(34(30)43)35(36)44/h3-13,21,24,28,30,37,39,41,43H,14-17H2,1-2H3,(H2,36,44)/t21?,24?,28?,30-/m0/s1. The molecule has 0 fully saturated rings. The van der Waals surface area contributed by atoms with E-state index in [2.05, 4.69) is 17.4 Å². The number of likely N-dealkylation sites (N-methyl/N-ethyl adjacent to an activating group) is 1. The van der Waals surface area contributed by atoms with E-state index in [1.165, 1.54) is 11.6 Å². The van der Waals surface area contributed by atoms with Gasteiger partial charge in [-0.05, 0) is 72.7 Å². The first kappa shape index (κ1) is 29.3. The van der Waals surface area contributed by atoms with Crippen molar-refractivity contribution in [1.29, 1.82) is 0 Å². The second-order valence-electron chi connectivity index (χ2n) is 12.1. The third-order valence-electron chi connectivity index (χ3n) is 9.22. The number of nitrogens with one attached hydrogen (secondary N) is 1. The van der Waals surface area contributed by atoms with Crippen LogP contribution in [-0.2, 0) is 29.1 Å². The van der Waals surface area contributed by atoms with Crippen molar-refractivity contribution in [3.05, 3.63) is 112 Å². The van der Waals surface area contributed by atoms with Crippen LogP contribution in [0.3, 0.4) is 0 Å². The van der Waals surface area contributed by atoms with Gasteiger partial charge in [0, 0.05) is 18.7 Å². The van der Waals surface area contributed by atoms with Crippen LogP contribution in [-0.4, -0.2) is 57.8 Å². The molecule has 3 unspecified atom stereocenters. The summed E-state index contributed by atoms with van der Waals surface area (Å²) in [7, 11) is 3.42. The minimum absolute atomic E-state index is 0.0714. The number of aliphatic hydroxyl groups excluding tert-OH is 2. The SMILES string of the molecule is CN(C)[C@@H]1C(O)=C(C(N)=O)C(=O)C2C(O)=C3C(=O)c4c(O)ccc(-c5ccc(CNCc6ccccc6)cc5)c4CC3CC21. The Balaban J connectivity index is 1.33. The number of aliphatic hydroxyl groups is 2. The second kappa shape index (κ2) is 11.4. The molecule has 9 nitrogen and oxygen atoms in total. The van der Waals surface area contributed by atoms with Gasteiger partial charge in [0.1, 0.15) is 22.8 Å². The predicted octanol–water partition coefficient (Wildman–Crippen LogP) is 3.96. The smallest absolute Gasteiger partial charge is 0.255 e. The van der Waals surface area contributed by atoms with E-state index in [-0.39, 0.29) is 16.9 Å². The normalized spacial score (nSPS) is 23.0. The lowest BCUT2D eigenvalue weighted by Gasteiger charge is -2.46. The number of carbonyl (C=O) groups excluding carboxylic acids is 3. The van der Waals surface area contributed by atoms with Crippen LogP contribution in [0.2, 0.25) is 0 Å². The highest BCUT2D eigenvalue weighted by Gasteiger charge is 2.54. The summed E-state index contributed by atoms with van der Waals surface area (Å²) in [6.45, 7) is 1.43. The lowest BCUT2D eigenvalue weighted by atomic mass is 9.60. The highest BCUT2D eigenvalue weighted by molar-refractivity contribution is 6.22. The zero-order chi connectivity index (χ0) is 31.3. The molecular formula is C35H35N3O6. The lowest BCUT2D eigenvalue weighted by molar-refractivity contribution is -0.127. The highest BCUT2D eigenvalue weighted by atomic mass is 16.3. The number of amides is 1. The molecule has 0 saturated carbocycles. The van der Waals surface area contributed by atoms with Crippen LogP contribution >= 0.6 is 0 Å². The molecule has 0 aromatic heterocycles. The van der Waals surface area contributed by atoms with Crippen molar-refractivity contribution in [2.24, 2.45) is 23.5 Å². The number of hydrogen-bond acceptors (Lipinski definition) is 8. The molecule has 6 rings (SSSR count). The molecule has 1 amide bonds. The molecule has 3 aliphatic carbocycles. The Labute approximate surface area is 255 Å². The van der Waals surface area contributed by atoms with Gasteiger partial charge in [0.05, 0.1) is 17.5 Å². The Morgan fingerprint density at radius 1 is 0.909 bits per heavy atom. The van der Waals surface area contributed by atoms with Gasteiger partial charge < -0.3 is 26.4 Å². The fourth-order valence-electron chi connectivity index (χ4n) is 7.29. The number of carbonyl (C=O) groups is 3. The van der Waals surface area contributed by atoms with Gasteiger partial charge in [-0.1, -0.05) is 60.7 Å². The van der Waals surface area contributed by atoms with Crippen molar-refractivity contribution in [1.82, 2.24) is 10.2 Å². The number of nitrogens with two attached hydrogens (primary N) is 1. The minimum Gasteiger partial charge on any atom is -0.511 e. The number of fused-ring (bicyclic) bond motifs is 3. The van der Waals surface area contributed by atoms with Gasteiger partial charge in [-0.15, -0.1) is 0 Å². The van der Waals surface area contributed by atoms with E-state index < -0.39 is 58.4 Å². The first-order valence-corrected chi connectivity index (χ1v) is 14.7. The number of phenolic OH excluding ortho intramolecular Hbond substituents is 1. The minimum atomic E-state index is -1.20. The van der Waals surface area contributed by atoms with E-state index in [1.807, 2.05) is 42.5 Å². The summed E-state index contributed by atoms with van der Waals surface area (Å²) >= 11 is 0. The van der Waals surface area contributed by atoms with Crippen molar-refractivity contribution in [3.8, 4) is 16.9 Å². The Bertz CT molecular complexity index is 1730. The van der Waals surface area contributed by atoms with E-state index in [4.69, 9.17) is 5.73 Å². The number of nitrogens with zero attached hydrogens (tertiary/aromatic N) is 1. The molecule has 3 aromatic carbocycles. The van der Waals surface area contributed by atoms with Crippen molar-refractivity contribution < 1.29 is 29.7 Å². The first-order chi connectivity index (χ1) is 21.1. The van der Waals surface area contributed by atoms with E-state index in [0.717, 1.165) is 23.2 Å². The number of hydrogen-bond donors (Lipinski definition) is 5. The second-order valence-corrected chi connectivity index (χ2v) is 12.1. The predicted molar refractivity (Wildman–Crippen MR) is 165 cm³/mol. The van der Waals surface area contributed by atoms with Gasteiger partial charge in [0.15, 0.2) is 11.6 Å². The molecule has 3 aliphatic rings. The molecule has 0 saturated heterocycles. The molecule has 0 heterocycles. The Kier molecular flexibility index (Phi) is 7.61. The van der Waals surface area contributed by atoms with Gasteiger partial charge in [0.25, 0.3) is 5.91 Å². The lowest BCUT2D eigenvalue weighted by Crippen LogP contribution is -2.53. The van der Waals surface area contributed by atoms with Gasteiger partial charge in [0.2, 0.25) is 0 Å². The van der Waals surface area contributed by atoms with Gasteiger partial charge in [-0.25, -0.2) is 0 Å². The van der Waals surface area contributed by atoms with Crippen LogP contribution in [0.25, 0.3) is 11.1 Å². The summed E-state index contributed by atoms with van der Waals surface area (Å²) in [4.78, 5) is 41.2. The maximum atomic E-state index is 14.0. The van der Waals surface area contributed by atoms with E-state index in [0.29, 0.717) is 24.9 Å². The van der Waals surface area contributed by atoms with Gasteiger partial charge in [-0.3, -0.25) is 19.3 Å². The summed E-state index contributed by atoms with van der Waals surface area (Å²) in [5, 5.41) is 36.7. The summed E-state index contributed by atoms with van der Waals surface area (Å²) in [6.07, 6.45) is 0.649. The molecule has 3 aromatic rings. The number of allylic oxidation sites excluding steroid dienone is 2. The van der Waals surface area contributed by atoms with Crippen LogP contribution < -0.4 is 11.1 Å². The third kappa shape index (κ3) is 4.88. The Hall–Kier alpha value is -4.73. The summed E-state index contributed by atoms with van der Waals surface area (Å²) in [5.74, 6) is -5.70. The fourth-order valence-corrected chi connectivity index (χ4v) is 7.29. The molecule has 4 atom stereocenters. The Morgan fingerprint density at radius 2 is 1.57 bits per heavy atom. The summed E-state index contributed by atoms with van der Waals surface area (Å²) < 4.78 is 0. The number of ketones is 2. The molecular weight excluding hydrogens is 558 g/mol. The molecule has 0 spiro atoms.